The molecule has 0 radical (unpaired) electrons. The second-order valence-electron chi connectivity index (χ2n) is 2.55. The lowest BCUT2D eigenvalue weighted by Crippen LogP contribution is -2.05. The Kier molecular flexibility index (Phi) is 2.25. The van der Waals surface area contributed by atoms with E-state index in [1.165, 1.54) is 12.1 Å². The smallest absolute Gasteiger partial charge is 0.267 e. The zero-order valence-corrected chi connectivity index (χ0v) is 8.26. The van der Waals surface area contributed by atoms with E-state index in [1.54, 1.807) is 12.1 Å². The predicted molar refractivity (Wildman–Crippen MR) is 50.0 cm³/mol. The number of aryl methyl sites for hydroxylation is 1. The molecule has 13 heavy (non-hydrogen) atoms. The van der Waals surface area contributed by atoms with Gasteiger partial charge in [0.1, 0.15) is 0 Å². The standard InChI is InChI=1S/C9H12O3S/c1-3-12-13(10,11)9-6-4-8(2)5-7-9/h4-7H,3H2,1-2H3/i3D2. The monoisotopic (exact) mass is 202 g/mol. The van der Waals surface area contributed by atoms with Crippen molar-refractivity contribution < 1.29 is 15.3 Å². The Labute approximate surface area is 81.3 Å². The minimum Gasteiger partial charge on any atom is -0.267 e. The first-order valence-corrected chi connectivity index (χ1v) is 5.14. The molecule has 4 heteroatoms. The summed E-state index contributed by atoms with van der Waals surface area (Å²) in [5, 5.41) is 0. The minimum absolute atomic E-state index is 0.0428. The summed E-state index contributed by atoms with van der Waals surface area (Å²) in [6.07, 6.45) is 0. The Hall–Kier alpha value is -0.870. The summed E-state index contributed by atoms with van der Waals surface area (Å²) in [4.78, 5) is -0.0428. The zero-order valence-electron chi connectivity index (χ0n) is 9.44. The molecule has 0 spiro atoms. The van der Waals surface area contributed by atoms with Crippen LogP contribution in [0.25, 0.3) is 0 Å². The van der Waals surface area contributed by atoms with Crippen molar-refractivity contribution in [3.05, 3.63) is 29.8 Å². The summed E-state index contributed by atoms with van der Waals surface area (Å²) in [7, 11) is -4.01. The third-order valence-electron chi connectivity index (χ3n) is 1.50. The van der Waals surface area contributed by atoms with E-state index < -0.39 is 16.7 Å². The van der Waals surface area contributed by atoms with E-state index >= 15 is 0 Å². The van der Waals surface area contributed by atoms with Gasteiger partial charge in [-0.3, -0.25) is 4.18 Å². The maximum absolute atomic E-state index is 11.5. The van der Waals surface area contributed by atoms with Crippen molar-refractivity contribution in [1.29, 1.82) is 0 Å². The molecule has 0 amide bonds. The van der Waals surface area contributed by atoms with Gasteiger partial charge >= 0.3 is 0 Å². The number of rotatable bonds is 3. The number of hydrogen-bond donors (Lipinski definition) is 0. The van der Waals surface area contributed by atoms with E-state index in [-0.39, 0.29) is 4.90 Å². The Bertz CT molecular complexity index is 431. The van der Waals surface area contributed by atoms with Crippen LogP contribution in [-0.4, -0.2) is 15.0 Å². The van der Waals surface area contributed by atoms with Gasteiger partial charge in [-0.25, -0.2) is 0 Å². The summed E-state index contributed by atoms with van der Waals surface area (Å²) in [5.41, 5.74) is 0.924. The van der Waals surface area contributed by atoms with Crippen LogP contribution in [0.1, 0.15) is 15.2 Å². The van der Waals surface area contributed by atoms with Crippen molar-refractivity contribution >= 4 is 10.1 Å². The predicted octanol–water partition coefficient (Wildman–Crippen LogP) is 1.72. The van der Waals surface area contributed by atoms with Crippen LogP contribution < -0.4 is 0 Å². The quantitative estimate of drug-likeness (QED) is 0.701. The van der Waals surface area contributed by atoms with Crippen LogP contribution in [0.15, 0.2) is 29.2 Å². The lowest BCUT2D eigenvalue weighted by atomic mass is 10.2. The van der Waals surface area contributed by atoms with Crippen molar-refractivity contribution in [2.75, 3.05) is 6.56 Å². The minimum atomic E-state index is -4.01. The first kappa shape index (κ1) is 7.53. The molecule has 0 aliphatic heterocycles. The van der Waals surface area contributed by atoms with Gasteiger partial charge in [0.05, 0.1) is 14.2 Å². The van der Waals surface area contributed by atoms with E-state index in [4.69, 9.17) is 2.74 Å². The van der Waals surface area contributed by atoms with Gasteiger partial charge in [-0.15, -0.1) is 0 Å². The molecule has 0 bridgehead atoms. The molecule has 72 valence electrons. The fourth-order valence-corrected chi connectivity index (χ4v) is 1.65. The topological polar surface area (TPSA) is 43.4 Å². The van der Waals surface area contributed by atoms with Gasteiger partial charge < -0.3 is 0 Å². The van der Waals surface area contributed by atoms with Crippen LogP contribution in [0, 0.1) is 6.92 Å². The molecule has 0 saturated carbocycles. The zero-order chi connectivity index (χ0) is 11.7. The Morgan fingerprint density at radius 1 is 1.38 bits per heavy atom. The molecule has 0 N–H and O–H groups in total. The number of benzene rings is 1. The first-order chi connectivity index (χ1) is 6.71. The summed E-state index contributed by atoms with van der Waals surface area (Å²) in [5.74, 6) is 0. The normalized spacial score (nSPS) is 14.9. The molecule has 3 nitrogen and oxygen atoms in total. The molecular formula is C9H12O3S. The van der Waals surface area contributed by atoms with Gasteiger partial charge in [-0.2, -0.15) is 8.42 Å². The van der Waals surface area contributed by atoms with Gasteiger partial charge in [0.25, 0.3) is 10.1 Å². The van der Waals surface area contributed by atoms with E-state index in [0.717, 1.165) is 12.5 Å². The average molecular weight is 202 g/mol. The van der Waals surface area contributed by atoms with Crippen molar-refractivity contribution in [2.45, 2.75) is 18.7 Å². The maximum Gasteiger partial charge on any atom is 0.296 e. The van der Waals surface area contributed by atoms with E-state index in [2.05, 4.69) is 4.18 Å². The third kappa shape index (κ3) is 2.54. The summed E-state index contributed by atoms with van der Waals surface area (Å²) in [6, 6.07) is 6.02. The molecule has 0 heterocycles. The van der Waals surface area contributed by atoms with Gasteiger partial charge in [0.2, 0.25) is 0 Å². The van der Waals surface area contributed by atoms with Gasteiger partial charge in [0, 0.05) is 0 Å². The van der Waals surface area contributed by atoms with Crippen LogP contribution in [-0.2, 0) is 14.3 Å². The highest BCUT2D eigenvalue weighted by Crippen LogP contribution is 2.12. The largest absolute Gasteiger partial charge is 0.296 e. The van der Waals surface area contributed by atoms with Gasteiger partial charge in [0.15, 0.2) is 0 Å². The highest BCUT2D eigenvalue weighted by Gasteiger charge is 2.12. The molecular weight excluding hydrogens is 188 g/mol. The van der Waals surface area contributed by atoms with E-state index in [0.29, 0.717) is 0 Å². The van der Waals surface area contributed by atoms with Crippen molar-refractivity contribution in [3.63, 3.8) is 0 Å². The van der Waals surface area contributed by atoms with Crippen LogP contribution in [0.2, 0.25) is 0 Å². The third-order valence-corrected chi connectivity index (χ3v) is 2.74. The summed E-state index contributed by atoms with van der Waals surface area (Å²) in [6.45, 7) is 0.665. The summed E-state index contributed by atoms with van der Waals surface area (Å²) < 4.78 is 41.4. The fraction of sp³-hybridized carbons (Fsp3) is 0.333. The number of hydrogen-bond acceptors (Lipinski definition) is 3. The van der Waals surface area contributed by atoms with Crippen LogP contribution >= 0.6 is 0 Å². The molecule has 0 aromatic heterocycles. The molecule has 0 atom stereocenters. The molecule has 0 saturated heterocycles. The highest BCUT2D eigenvalue weighted by atomic mass is 32.2. The van der Waals surface area contributed by atoms with Gasteiger partial charge in [-0.05, 0) is 26.0 Å². The van der Waals surface area contributed by atoms with E-state index in [9.17, 15) is 8.42 Å². The first-order valence-electron chi connectivity index (χ1n) is 4.73. The highest BCUT2D eigenvalue weighted by molar-refractivity contribution is 7.86. The van der Waals surface area contributed by atoms with Crippen molar-refractivity contribution in [2.24, 2.45) is 0 Å². The summed E-state index contributed by atoms with van der Waals surface area (Å²) >= 11 is 0. The maximum atomic E-state index is 11.5. The molecule has 0 fully saturated rings. The molecule has 0 unspecified atom stereocenters. The van der Waals surface area contributed by atoms with Crippen LogP contribution in [0.3, 0.4) is 0 Å². The fourth-order valence-electron chi connectivity index (χ4n) is 0.863. The van der Waals surface area contributed by atoms with Crippen LogP contribution in [0.5, 0.6) is 0 Å². The molecule has 0 aliphatic carbocycles. The SMILES string of the molecule is [2H]C([2H])(C)OS(=O)(=O)c1ccc(C)cc1. The Morgan fingerprint density at radius 2 is 1.92 bits per heavy atom. The van der Waals surface area contributed by atoms with Crippen molar-refractivity contribution in [1.82, 2.24) is 0 Å². The van der Waals surface area contributed by atoms with Crippen molar-refractivity contribution in [3.8, 4) is 0 Å². The van der Waals surface area contributed by atoms with Gasteiger partial charge in [-0.1, -0.05) is 17.7 Å². The lowest BCUT2D eigenvalue weighted by molar-refractivity contribution is 0.338. The second-order valence-corrected chi connectivity index (χ2v) is 4.10. The second kappa shape index (κ2) is 3.89. The Morgan fingerprint density at radius 3 is 2.38 bits per heavy atom. The molecule has 1 aromatic rings. The Balaban J connectivity index is 3.02. The molecule has 1 aromatic carbocycles. The molecule has 0 aliphatic rings. The average Bonchev–Trinajstić information content (AvgIpc) is 2.00. The molecule has 1 rings (SSSR count). The van der Waals surface area contributed by atoms with Crippen LogP contribution in [0.4, 0.5) is 0 Å². The van der Waals surface area contributed by atoms with E-state index in [1.807, 2.05) is 6.92 Å². The lowest BCUT2D eigenvalue weighted by Gasteiger charge is -2.02.